The van der Waals surface area contributed by atoms with Crippen molar-refractivity contribution in [2.45, 2.75) is 19.3 Å². The molecule has 0 aliphatic heterocycles. The molecule has 8 aromatic carbocycles. The molecule has 3 heteroatoms. The first-order valence-corrected chi connectivity index (χ1v) is 20.9. The van der Waals surface area contributed by atoms with Crippen LogP contribution in [-0.2, 0) is 5.41 Å². The van der Waals surface area contributed by atoms with Gasteiger partial charge in [-0.1, -0.05) is 178 Å². The van der Waals surface area contributed by atoms with E-state index >= 15 is 0 Å². The summed E-state index contributed by atoms with van der Waals surface area (Å²) in [6.07, 6.45) is 3.69. The fraction of sp³-hybridized carbons (Fsp3) is 0.0517. The summed E-state index contributed by atoms with van der Waals surface area (Å²) in [5.41, 5.74) is 19.5. The van der Waals surface area contributed by atoms with Crippen molar-refractivity contribution >= 4 is 10.8 Å². The van der Waals surface area contributed by atoms with Gasteiger partial charge >= 0.3 is 0 Å². The summed E-state index contributed by atoms with van der Waals surface area (Å²) in [4.78, 5) is 14.5. The molecule has 10 aromatic rings. The van der Waals surface area contributed by atoms with Crippen molar-refractivity contribution in [2.75, 3.05) is 0 Å². The van der Waals surface area contributed by atoms with E-state index in [1.165, 1.54) is 55.3 Å². The van der Waals surface area contributed by atoms with Crippen LogP contribution < -0.4 is 0 Å². The minimum Gasteiger partial charge on any atom is -0.264 e. The third-order valence-corrected chi connectivity index (χ3v) is 12.4. The van der Waals surface area contributed by atoms with Crippen LogP contribution in [0.25, 0.3) is 100 Å². The molecule has 0 saturated carbocycles. The molecule has 61 heavy (non-hydrogen) atoms. The molecule has 2 heterocycles. The standard InChI is InChI=1S/C58H41N3/c1-58(2)53-35-47(28-29-51(53)52-30-27-39-12-6-7-22-50(39)56(52)58)45-18-9-16-43(33-45)42-15-8-17-44(32-42)46-19-10-20-48(34-46)55-36-54(60-57(61-55)41-13-4-3-5-14-41)40-25-23-38(24-26-40)49-21-11-31-59-37-49/h3-37H,1-2H3. The van der Waals surface area contributed by atoms with Gasteiger partial charge in [0.2, 0.25) is 0 Å². The van der Waals surface area contributed by atoms with E-state index in [1.54, 1.807) is 6.20 Å². The molecule has 0 saturated heterocycles. The monoisotopic (exact) mass is 779 g/mol. The first-order valence-electron chi connectivity index (χ1n) is 20.9. The maximum absolute atomic E-state index is 5.14. The summed E-state index contributed by atoms with van der Waals surface area (Å²) in [5, 5.41) is 2.64. The Bertz CT molecular complexity index is 3260. The van der Waals surface area contributed by atoms with Crippen molar-refractivity contribution in [2.24, 2.45) is 0 Å². The maximum Gasteiger partial charge on any atom is 0.160 e. The van der Waals surface area contributed by atoms with Crippen LogP contribution in [0, 0.1) is 0 Å². The van der Waals surface area contributed by atoms with Gasteiger partial charge in [0.1, 0.15) is 0 Å². The minimum atomic E-state index is -0.106. The van der Waals surface area contributed by atoms with Crippen LogP contribution in [0.4, 0.5) is 0 Å². The topological polar surface area (TPSA) is 38.7 Å². The Balaban J connectivity index is 0.919. The van der Waals surface area contributed by atoms with Gasteiger partial charge in [0, 0.05) is 34.5 Å². The Labute approximate surface area is 356 Å². The zero-order chi connectivity index (χ0) is 40.9. The lowest BCUT2D eigenvalue weighted by molar-refractivity contribution is 0.666. The Hall–Kier alpha value is -7.75. The van der Waals surface area contributed by atoms with Gasteiger partial charge in [-0.15, -0.1) is 0 Å². The highest BCUT2D eigenvalue weighted by atomic mass is 14.9. The van der Waals surface area contributed by atoms with Gasteiger partial charge in [-0.2, -0.15) is 0 Å². The van der Waals surface area contributed by atoms with Crippen molar-refractivity contribution in [1.82, 2.24) is 15.0 Å². The lowest BCUT2D eigenvalue weighted by Gasteiger charge is -2.23. The highest BCUT2D eigenvalue weighted by Gasteiger charge is 2.37. The van der Waals surface area contributed by atoms with Crippen molar-refractivity contribution in [3.05, 3.63) is 224 Å². The second-order valence-corrected chi connectivity index (χ2v) is 16.5. The lowest BCUT2D eigenvalue weighted by Crippen LogP contribution is -2.15. The van der Waals surface area contributed by atoms with Gasteiger partial charge in [0.25, 0.3) is 0 Å². The number of nitrogens with zero attached hydrogens (tertiary/aromatic N) is 3. The van der Waals surface area contributed by atoms with E-state index in [4.69, 9.17) is 9.97 Å². The number of pyridine rings is 1. The van der Waals surface area contributed by atoms with Crippen molar-refractivity contribution in [3.63, 3.8) is 0 Å². The lowest BCUT2D eigenvalue weighted by atomic mass is 9.79. The largest absolute Gasteiger partial charge is 0.264 e. The van der Waals surface area contributed by atoms with Crippen LogP contribution in [0.5, 0.6) is 0 Å². The van der Waals surface area contributed by atoms with E-state index in [0.29, 0.717) is 5.82 Å². The molecule has 0 bridgehead atoms. The van der Waals surface area contributed by atoms with Crippen molar-refractivity contribution in [3.8, 4) is 89.5 Å². The van der Waals surface area contributed by atoms with Crippen LogP contribution in [0.15, 0.2) is 213 Å². The smallest absolute Gasteiger partial charge is 0.160 e. The van der Waals surface area contributed by atoms with E-state index < -0.39 is 0 Å². The molecule has 0 fully saturated rings. The summed E-state index contributed by atoms with van der Waals surface area (Å²) in [5.74, 6) is 0.696. The van der Waals surface area contributed by atoms with Gasteiger partial charge < -0.3 is 0 Å². The molecular weight excluding hydrogens is 739 g/mol. The maximum atomic E-state index is 5.14. The summed E-state index contributed by atoms with van der Waals surface area (Å²) < 4.78 is 0. The first-order chi connectivity index (χ1) is 30.0. The molecule has 3 nitrogen and oxygen atoms in total. The molecule has 0 atom stereocenters. The number of benzene rings is 8. The van der Waals surface area contributed by atoms with Gasteiger partial charge in [-0.3, -0.25) is 4.98 Å². The minimum absolute atomic E-state index is 0.106. The Morgan fingerprint density at radius 1 is 0.361 bits per heavy atom. The predicted molar refractivity (Wildman–Crippen MR) is 253 cm³/mol. The Morgan fingerprint density at radius 2 is 0.885 bits per heavy atom. The summed E-state index contributed by atoms with van der Waals surface area (Å²) >= 11 is 0. The zero-order valence-electron chi connectivity index (χ0n) is 34.0. The first kappa shape index (κ1) is 36.3. The number of rotatable bonds is 7. The third-order valence-electron chi connectivity index (χ3n) is 12.4. The molecule has 2 aromatic heterocycles. The molecule has 0 spiro atoms. The predicted octanol–water partition coefficient (Wildman–Crippen LogP) is 15.0. The highest BCUT2D eigenvalue weighted by Crippen LogP contribution is 2.52. The average molecular weight is 780 g/mol. The van der Waals surface area contributed by atoms with Crippen LogP contribution >= 0.6 is 0 Å². The van der Waals surface area contributed by atoms with Crippen LogP contribution in [0.3, 0.4) is 0 Å². The van der Waals surface area contributed by atoms with E-state index in [1.807, 2.05) is 30.5 Å². The summed E-state index contributed by atoms with van der Waals surface area (Å²) in [7, 11) is 0. The summed E-state index contributed by atoms with van der Waals surface area (Å²) in [6.45, 7) is 4.75. The van der Waals surface area contributed by atoms with E-state index in [0.717, 1.165) is 50.3 Å². The molecule has 0 N–H and O–H groups in total. The molecule has 0 amide bonds. The zero-order valence-corrected chi connectivity index (χ0v) is 34.0. The SMILES string of the molecule is CC1(C)c2cc(-c3cccc(-c4cccc(-c5cccc(-c6cc(-c7ccc(-c8cccnc8)cc7)nc(-c7ccccc7)n6)c5)c4)c3)ccc2-c2ccc3ccccc3c21. The number of hydrogen-bond donors (Lipinski definition) is 0. The second kappa shape index (κ2) is 14.8. The van der Waals surface area contributed by atoms with E-state index in [9.17, 15) is 0 Å². The number of hydrogen-bond acceptors (Lipinski definition) is 3. The normalized spacial score (nSPS) is 12.6. The quantitative estimate of drug-likeness (QED) is 0.162. The van der Waals surface area contributed by atoms with Gasteiger partial charge in [-0.25, -0.2) is 9.97 Å². The van der Waals surface area contributed by atoms with Gasteiger partial charge in [-0.05, 0) is 114 Å². The summed E-state index contributed by atoms with van der Waals surface area (Å²) in [6, 6.07) is 71.8. The molecule has 0 unspecified atom stereocenters. The van der Waals surface area contributed by atoms with Gasteiger partial charge in [0.05, 0.1) is 11.4 Å². The molecule has 11 rings (SSSR count). The fourth-order valence-corrected chi connectivity index (χ4v) is 9.22. The Morgan fingerprint density at radius 3 is 1.56 bits per heavy atom. The highest BCUT2D eigenvalue weighted by molar-refractivity contribution is 5.98. The average Bonchev–Trinajstić information content (AvgIpc) is 3.57. The molecular formula is C58H41N3. The fourth-order valence-electron chi connectivity index (χ4n) is 9.22. The van der Waals surface area contributed by atoms with Crippen LogP contribution in [0.1, 0.15) is 25.0 Å². The second-order valence-electron chi connectivity index (χ2n) is 16.5. The van der Waals surface area contributed by atoms with Crippen LogP contribution in [0.2, 0.25) is 0 Å². The molecule has 288 valence electrons. The molecule has 1 aliphatic carbocycles. The number of fused-ring (bicyclic) bond motifs is 5. The van der Waals surface area contributed by atoms with Crippen LogP contribution in [-0.4, -0.2) is 15.0 Å². The third kappa shape index (κ3) is 6.61. The van der Waals surface area contributed by atoms with E-state index in [2.05, 4.69) is 195 Å². The molecule has 1 aliphatic rings. The molecule has 0 radical (unpaired) electrons. The number of aromatic nitrogens is 3. The Kier molecular flexibility index (Phi) is 8.82. The van der Waals surface area contributed by atoms with Crippen molar-refractivity contribution < 1.29 is 0 Å². The van der Waals surface area contributed by atoms with Crippen molar-refractivity contribution in [1.29, 1.82) is 0 Å². The van der Waals surface area contributed by atoms with Gasteiger partial charge in [0.15, 0.2) is 5.82 Å². The van der Waals surface area contributed by atoms with E-state index in [-0.39, 0.29) is 5.41 Å².